The van der Waals surface area contributed by atoms with Crippen molar-refractivity contribution in [1.29, 1.82) is 0 Å². The van der Waals surface area contributed by atoms with Crippen LogP contribution in [-0.2, 0) is 4.79 Å². The average molecular weight is 271 g/mol. The van der Waals surface area contributed by atoms with Gasteiger partial charge in [0.2, 0.25) is 5.89 Å². The molecule has 0 aliphatic heterocycles. The molecule has 3 rings (SSSR count). The first kappa shape index (κ1) is 12.3. The van der Waals surface area contributed by atoms with E-state index in [9.17, 15) is 9.18 Å². The number of hydrogen-bond donors (Lipinski definition) is 1. The largest absolute Gasteiger partial charge is 0.481 e. The van der Waals surface area contributed by atoms with Gasteiger partial charge in [-0.3, -0.25) is 4.79 Å². The number of benzene rings is 1. The van der Waals surface area contributed by atoms with E-state index in [-0.39, 0.29) is 0 Å². The number of nitrogens with zero attached hydrogens (tertiary/aromatic N) is 1. The van der Waals surface area contributed by atoms with Crippen LogP contribution in [0.1, 0.15) is 5.89 Å². The van der Waals surface area contributed by atoms with E-state index in [4.69, 9.17) is 9.52 Å². The van der Waals surface area contributed by atoms with Gasteiger partial charge in [0.15, 0.2) is 5.58 Å². The van der Waals surface area contributed by atoms with Crippen molar-refractivity contribution in [3.05, 3.63) is 60.3 Å². The summed E-state index contributed by atoms with van der Waals surface area (Å²) in [7, 11) is 0. The van der Waals surface area contributed by atoms with Crippen molar-refractivity contribution < 1.29 is 18.7 Å². The molecule has 1 unspecified atom stereocenters. The van der Waals surface area contributed by atoms with Crippen LogP contribution in [0.3, 0.4) is 0 Å². The molecule has 0 saturated heterocycles. The summed E-state index contributed by atoms with van der Waals surface area (Å²) in [6, 6.07) is 4.11. The molecule has 0 spiro atoms. The number of carboxylic acids is 1. The minimum absolute atomic E-state index is 0.331. The molecule has 2 aromatic rings. The number of rotatable bonds is 2. The first-order chi connectivity index (χ1) is 9.63. The Kier molecular flexibility index (Phi) is 2.95. The maximum absolute atomic E-state index is 13.1. The van der Waals surface area contributed by atoms with Crippen LogP contribution in [0.4, 0.5) is 4.39 Å². The molecule has 1 aliphatic carbocycles. The van der Waals surface area contributed by atoms with E-state index in [1.165, 1.54) is 18.2 Å². The van der Waals surface area contributed by atoms with Crippen molar-refractivity contribution in [2.75, 3.05) is 0 Å². The lowest BCUT2D eigenvalue weighted by atomic mass is 10.1. The fourth-order valence-corrected chi connectivity index (χ4v) is 1.94. The highest BCUT2D eigenvalue weighted by molar-refractivity contribution is 5.81. The third kappa shape index (κ3) is 2.25. The van der Waals surface area contributed by atoms with E-state index in [1.807, 2.05) is 0 Å². The monoisotopic (exact) mass is 271 g/mol. The van der Waals surface area contributed by atoms with Gasteiger partial charge in [0, 0.05) is 11.6 Å². The normalized spacial score (nSPS) is 18.1. The summed E-state index contributed by atoms with van der Waals surface area (Å²) in [5.74, 6) is -1.66. The summed E-state index contributed by atoms with van der Waals surface area (Å²) in [5, 5.41) is 8.96. The second-order valence-corrected chi connectivity index (χ2v) is 4.36. The summed E-state index contributed by atoms with van der Waals surface area (Å²) >= 11 is 0. The summed E-state index contributed by atoms with van der Waals surface area (Å²) < 4.78 is 18.6. The first-order valence-corrected chi connectivity index (χ1v) is 5.99. The van der Waals surface area contributed by atoms with Gasteiger partial charge in [0.25, 0.3) is 0 Å². The number of halogens is 1. The standard InChI is InChI=1S/C15H10FNO3/c16-11-6-7-12-13(8-11)20-14(17-12)9-2-1-3-10(5-4-9)15(18)19/h1-8,10H,(H,18,19). The first-order valence-electron chi connectivity index (χ1n) is 5.99. The van der Waals surface area contributed by atoms with Crippen molar-refractivity contribution in [1.82, 2.24) is 4.98 Å². The van der Waals surface area contributed by atoms with Crippen molar-refractivity contribution in [3.8, 4) is 0 Å². The van der Waals surface area contributed by atoms with Gasteiger partial charge in [-0.15, -0.1) is 0 Å². The van der Waals surface area contributed by atoms with Crippen LogP contribution >= 0.6 is 0 Å². The number of oxazole rings is 1. The van der Waals surface area contributed by atoms with Crippen LogP contribution in [0.15, 0.2) is 53.0 Å². The Labute approximate surface area is 113 Å². The number of aromatic nitrogens is 1. The van der Waals surface area contributed by atoms with E-state index in [2.05, 4.69) is 4.98 Å². The fourth-order valence-electron chi connectivity index (χ4n) is 1.94. The molecule has 0 amide bonds. The Hall–Kier alpha value is -2.69. The van der Waals surface area contributed by atoms with Gasteiger partial charge < -0.3 is 9.52 Å². The maximum Gasteiger partial charge on any atom is 0.314 e. The molecule has 0 radical (unpaired) electrons. The zero-order valence-electron chi connectivity index (χ0n) is 10.3. The van der Waals surface area contributed by atoms with Gasteiger partial charge in [-0.25, -0.2) is 9.37 Å². The molecule has 0 saturated carbocycles. The van der Waals surface area contributed by atoms with Crippen molar-refractivity contribution in [2.24, 2.45) is 5.92 Å². The highest BCUT2D eigenvalue weighted by Crippen LogP contribution is 2.24. The molecule has 1 heterocycles. The van der Waals surface area contributed by atoms with Crippen molar-refractivity contribution in [3.63, 3.8) is 0 Å². The van der Waals surface area contributed by atoms with Crippen LogP contribution in [-0.4, -0.2) is 16.1 Å². The van der Waals surface area contributed by atoms with Crippen LogP contribution in [0, 0.1) is 11.7 Å². The Bertz CT molecular complexity index is 771. The van der Waals surface area contributed by atoms with Gasteiger partial charge in [-0.05, 0) is 18.2 Å². The molecule has 5 heteroatoms. The molecule has 1 aromatic carbocycles. The average Bonchev–Trinajstić information content (AvgIpc) is 2.67. The Morgan fingerprint density at radius 3 is 3.00 bits per heavy atom. The van der Waals surface area contributed by atoms with Gasteiger partial charge in [-0.2, -0.15) is 0 Å². The number of fused-ring (bicyclic) bond motifs is 1. The maximum atomic E-state index is 13.1. The van der Waals surface area contributed by atoms with Crippen LogP contribution in [0.2, 0.25) is 0 Å². The predicted molar refractivity (Wildman–Crippen MR) is 71.3 cm³/mol. The molecule has 1 atom stereocenters. The molecule has 100 valence electrons. The second kappa shape index (κ2) is 4.77. The van der Waals surface area contributed by atoms with E-state index in [0.717, 1.165) is 0 Å². The minimum atomic E-state index is -0.924. The summed E-state index contributed by atoms with van der Waals surface area (Å²) in [4.78, 5) is 15.2. The lowest BCUT2D eigenvalue weighted by Crippen LogP contribution is -2.06. The SMILES string of the molecule is O=C(O)C1C=CC=C(c2nc3ccc(F)cc3o2)C=C1. The Balaban J connectivity index is 1.99. The second-order valence-electron chi connectivity index (χ2n) is 4.36. The van der Waals surface area contributed by atoms with Gasteiger partial charge in [0.05, 0.1) is 5.92 Å². The fraction of sp³-hybridized carbons (Fsp3) is 0.0667. The molecular formula is C15H10FNO3. The Morgan fingerprint density at radius 1 is 1.35 bits per heavy atom. The van der Waals surface area contributed by atoms with Gasteiger partial charge in [0.1, 0.15) is 11.3 Å². The Morgan fingerprint density at radius 2 is 2.20 bits per heavy atom. The predicted octanol–water partition coefficient (Wildman–Crippen LogP) is 3.18. The number of aliphatic carboxylic acids is 1. The third-order valence-corrected chi connectivity index (χ3v) is 2.96. The number of carbonyl (C=O) groups is 1. The summed E-state index contributed by atoms with van der Waals surface area (Å²) in [6.45, 7) is 0. The lowest BCUT2D eigenvalue weighted by Gasteiger charge is -1.97. The molecule has 1 aromatic heterocycles. The smallest absolute Gasteiger partial charge is 0.314 e. The van der Waals surface area contributed by atoms with Gasteiger partial charge >= 0.3 is 5.97 Å². The molecule has 0 fully saturated rings. The van der Waals surface area contributed by atoms with Crippen LogP contribution < -0.4 is 0 Å². The highest BCUT2D eigenvalue weighted by Gasteiger charge is 2.14. The minimum Gasteiger partial charge on any atom is -0.481 e. The number of allylic oxidation sites excluding steroid dienone is 4. The summed E-state index contributed by atoms with van der Waals surface area (Å²) in [5.41, 5.74) is 1.55. The third-order valence-electron chi connectivity index (χ3n) is 2.96. The van der Waals surface area contributed by atoms with E-state index in [0.29, 0.717) is 22.6 Å². The zero-order valence-corrected chi connectivity index (χ0v) is 10.3. The van der Waals surface area contributed by atoms with E-state index >= 15 is 0 Å². The van der Waals surface area contributed by atoms with Gasteiger partial charge in [-0.1, -0.05) is 24.3 Å². The summed E-state index contributed by atoms with van der Waals surface area (Å²) in [6.07, 6.45) is 8.10. The van der Waals surface area contributed by atoms with Crippen LogP contribution in [0.5, 0.6) is 0 Å². The highest BCUT2D eigenvalue weighted by atomic mass is 19.1. The number of hydrogen-bond acceptors (Lipinski definition) is 3. The molecule has 1 aliphatic rings. The molecule has 20 heavy (non-hydrogen) atoms. The molecule has 1 N–H and O–H groups in total. The van der Waals surface area contributed by atoms with Crippen LogP contribution in [0.25, 0.3) is 16.7 Å². The topological polar surface area (TPSA) is 63.3 Å². The molecular weight excluding hydrogens is 261 g/mol. The number of carboxylic acid groups (broad SMARTS) is 1. The van der Waals surface area contributed by atoms with E-state index < -0.39 is 17.7 Å². The lowest BCUT2D eigenvalue weighted by molar-refractivity contribution is -0.138. The molecule has 0 bridgehead atoms. The van der Waals surface area contributed by atoms with Crippen molar-refractivity contribution in [2.45, 2.75) is 0 Å². The zero-order chi connectivity index (χ0) is 14.1. The van der Waals surface area contributed by atoms with E-state index in [1.54, 1.807) is 30.4 Å². The quantitative estimate of drug-likeness (QED) is 0.911. The molecule has 4 nitrogen and oxygen atoms in total. The van der Waals surface area contributed by atoms with Crippen molar-refractivity contribution >= 4 is 22.6 Å².